The smallest absolute Gasteiger partial charge is 0.226 e. The Morgan fingerprint density at radius 2 is 1.93 bits per heavy atom. The van der Waals surface area contributed by atoms with Crippen molar-refractivity contribution >= 4 is 39.3 Å². The van der Waals surface area contributed by atoms with Crippen LogP contribution in [0.1, 0.15) is 0 Å². The molecule has 5 rings (SSSR count). The highest BCUT2D eigenvalue weighted by molar-refractivity contribution is 5.97. The highest BCUT2D eigenvalue weighted by atomic mass is 16.5. The van der Waals surface area contributed by atoms with Gasteiger partial charge >= 0.3 is 0 Å². The second-order valence-corrected chi connectivity index (χ2v) is 6.25. The number of aromatic nitrogens is 5. The quantitative estimate of drug-likeness (QED) is 0.597. The molecule has 1 N–H and O–H groups in total. The fourth-order valence-corrected chi connectivity index (χ4v) is 3.21. The third-order valence-corrected chi connectivity index (χ3v) is 4.59. The minimum Gasteiger partial charge on any atom is -0.378 e. The SMILES string of the molecule is c1cc(Nc2ncnc3cnc(N4CCOCC4)nc23)c2ccncc2c1. The van der Waals surface area contributed by atoms with E-state index in [1.165, 1.54) is 6.33 Å². The molecule has 1 saturated heterocycles. The van der Waals surface area contributed by atoms with Gasteiger partial charge in [0.15, 0.2) is 5.82 Å². The lowest BCUT2D eigenvalue weighted by atomic mass is 10.1. The van der Waals surface area contributed by atoms with Crippen molar-refractivity contribution in [3.8, 4) is 0 Å². The monoisotopic (exact) mass is 359 g/mol. The summed E-state index contributed by atoms with van der Waals surface area (Å²) in [7, 11) is 0. The lowest BCUT2D eigenvalue weighted by molar-refractivity contribution is 0.122. The topological polar surface area (TPSA) is 89.0 Å². The van der Waals surface area contributed by atoms with Gasteiger partial charge in [0.05, 0.1) is 19.4 Å². The van der Waals surface area contributed by atoms with E-state index in [9.17, 15) is 0 Å². The van der Waals surface area contributed by atoms with Crippen LogP contribution in [0.5, 0.6) is 0 Å². The second kappa shape index (κ2) is 6.73. The molecule has 0 aliphatic carbocycles. The summed E-state index contributed by atoms with van der Waals surface area (Å²) in [5.74, 6) is 1.33. The van der Waals surface area contributed by atoms with Crippen LogP contribution in [0, 0.1) is 0 Å². The normalized spacial score (nSPS) is 14.6. The summed E-state index contributed by atoms with van der Waals surface area (Å²) in [6, 6.07) is 8.02. The Balaban J connectivity index is 1.57. The molecule has 0 saturated carbocycles. The first-order valence-corrected chi connectivity index (χ1v) is 8.79. The number of morpholine rings is 1. The van der Waals surface area contributed by atoms with Gasteiger partial charge in [0, 0.05) is 41.9 Å². The van der Waals surface area contributed by atoms with Gasteiger partial charge in [-0.2, -0.15) is 0 Å². The van der Waals surface area contributed by atoms with E-state index >= 15 is 0 Å². The van der Waals surface area contributed by atoms with Gasteiger partial charge in [-0.15, -0.1) is 0 Å². The Morgan fingerprint density at radius 1 is 1.00 bits per heavy atom. The molecule has 3 aromatic heterocycles. The Bertz CT molecular complexity index is 1110. The third-order valence-electron chi connectivity index (χ3n) is 4.59. The van der Waals surface area contributed by atoms with E-state index in [4.69, 9.17) is 9.72 Å². The van der Waals surface area contributed by atoms with Crippen LogP contribution >= 0.6 is 0 Å². The average molecular weight is 359 g/mol. The molecule has 0 unspecified atom stereocenters. The van der Waals surface area contributed by atoms with Crippen LogP contribution in [0.4, 0.5) is 17.5 Å². The molecule has 134 valence electrons. The summed E-state index contributed by atoms with van der Waals surface area (Å²) in [5.41, 5.74) is 2.34. The molecule has 4 aromatic rings. The number of fused-ring (bicyclic) bond motifs is 2. The Labute approximate surface area is 155 Å². The first kappa shape index (κ1) is 15.8. The summed E-state index contributed by atoms with van der Waals surface area (Å²) in [5, 5.41) is 5.54. The number of ether oxygens (including phenoxy) is 1. The molecule has 1 aromatic carbocycles. The Kier molecular flexibility index (Phi) is 3.95. The number of nitrogens with zero attached hydrogens (tertiary/aromatic N) is 6. The molecule has 27 heavy (non-hydrogen) atoms. The molecule has 0 atom stereocenters. The van der Waals surface area contributed by atoms with Crippen molar-refractivity contribution < 1.29 is 4.74 Å². The molecule has 0 radical (unpaired) electrons. The Morgan fingerprint density at radius 3 is 2.85 bits per heavy atom. The van der Waals surface area contributed by atoms with Crippen LogP contribution in [0.3, 0.4) is 0 Å². The standard InChI is InChI=1S/C19H17N7O/c1-2-13-10-20-5-4-14(13)15(3-1)24-18-17-16(22-12-23-18)11-21-19(25-17)26-6-8-27-9-7-26/h1-5,10-12H,6-9H2,(H,22,23,24). The first-order chi connectivity index (χ1) is 13.4. The van der Waals surface area contributed by atoms with Crippen molar-refractivity contribution in [2.24, 2.45) is 0 Å². The minimum absolute atomic E-state index is 0.654. The molecule has 8 nitrogen and oxygen atoms in total. The summed E-state index contributed by atoms with van der Waals surface area (Å²) < 4.78 is 5.41. The molecule has 0 amide bonds. The van der Waals surface area contributed by atoms with Crippen LogP contribution in [0.2, 0.25) is 0 Å². The van der Waals surface area contributed by atoms with Gasteiger partial charge in [0.1, 0.15) is 17.4 Å². The molecule has 1 fully saturated rings. The fraction of sp³-hybridized carbons (Fsp3) is 0.211. The number of benzene rings is 1. The number of rotatable bonds is 3. The van der Waals surface area contributed by atoms with E-state index in [1.54, 1.807) is 12.4 Å². The predicted molar refractivity (Wildman–Crippen MR) is 103 cm³/mol. The van der Waals surface area contributed by atoms with Crippen molar-refractivity contribution in [1.29, 1.82) is 0 Å². The van der Waals surface area contributed by atoms with E-state index in [0.717, 1.165) is 29.5 Å². The number of hydrogen-bond donors (Lipinski definition) is 1. The Hall–Kier alpha value is -3.39. The van der Waals surface area contributed by atoms with Gasteiger partial charge in [-0.25, -0.2) is 19.9 Å². The highest BCUT2D eigenvalue weighted by Gasteiger charge is 2.16. The average Bonchev–Trinajstić information content (AvgIpc) is 2.75. The maximum Gasteiger partial charge on any atom is 0.226 e. The summed E-state index contributed by atoms with van der Waals surface area (Å²) in [6.07, 6.45) is 6.89. The molecule has 8 heteroatoms. The van der Waals surface area contributed by atoms with Crippen molar-refractivity contribution in [2.45, 2.75) is 0 Å². The zero-order valence-electron chi connectivity index (χ0n) is 14.5. The van der Waals surface area contributed by atoms with Crippen LogP contribution in [0.15, 0.2) is 49.2 Å². The van der Waals surface area contributed by atoms with Crippen LogP contribution in [-0.2, 0) is 4.74 Å². The van der Waals surface area contributed by atoms with Crippen LogP contribution in [0.25, 0.3) is 21.8 Å². The van der Waals surface area contributed by atoms with Gasteiger partial charge < -0.3 is 15.0 Å². The molecule has 0 spiro atoms. The van der Waals surface area contributed by atoms with Gasteiger partial charge in [-0.05, 0) is 12.1 Å². The van der Waals surface area contributed by atoms with Gasteiger partial charge in [-0.3, -0.25) is 4.98 Å². The zero-order chi connectivity index (χ0) is 18.1. The minimum atomic E-state index is 0.654. The lowest BCUT2D eigenvalue weighted by Crippen LogP contribution is -2.37. The predicted octanol–water partition coefficient (Wildman–Crippen LogP) is 2.55. The van der Waals surface area contributed by atoms with E-state index < -0.39 is 0 Å². The summed E-state index contributed by atoms with van der Waals surface area (Å²) in [6.45, 7) is 2.92. The zero-order valence-corrected chi connectivity index (χ0v) is 14.5. The maximum absolute atomic E-state index is 5.41. The fourth-order valence-electron chi connectivity index (χ4n) is 3.21. The number of pyridine rings is 1. The van der Waals surface area contributed by atoms with E-state index in [0.29, 0.717) is 36.0 Å². The van der Waals surface area contributed by atoms with Crippen molar-refractivity contribution in [2.75, 3.05) is 36.5 Å². The summed E-state index contributed by atoms with van der Waals surface area (Å²) >= 11 is 0. The molecule has 0 bridgehead atoms. The van der Waals surface area contributed by atoms with Crippen molar-refractivity contribution in [3.05, 3.63) is 49.2 Å². The van der Waals surface area contributed by atoms with Gasteiger partial charge in [-0.1, -0.05) is 12.1 Å². The van der Waals surface area contributed by atoms with Gasteiger partial charge in [0.2, 0.25) is 5.95 Å². The summed E-state index contributed by atoms with van der Waals surface area (Å²) in [4.78, 5) is 24.2. The van der Waals surface area contributed by atoms with E-state index in [2.05, 4.69) is 30.2 Å². The van der Waals surface area contributed by atoms with E-state index in [-0.39, 0.29) is 0 Å². The number of anilines is 3. The molecule has 1 aliphatic heterocycles. The molecule has 4 heterocycles. The van der Waals surface area contributed by atoms with Crippen LogP contribution in [-0.4, -0.2) is 51.2 Å². The third kappa shape index (κ3) is 3.00. The molecular formula is C19H17N7O. The molecular weight excluding hydrogens is 342 g/mol. The lowest BCUT2D eigenvalue weighted by Gasteiger charge is -2.26. The number of nitrogens with one attached hydrogen (secondary N) is 1. The maximum atomic E-state index is 5.41. The van der Waals surface area contributed by atoms with E-state index in [1.807, 2.05) is 30.5 Å². The molecule has 1 aliphatic rings. The van der Waals surface area contributed by atoms with Crippen molar-refractivity contribution in [3.63, 3.8) is 0 Å². The van der Waals surface area contributed by atoms with Crippen LogP contribution < -0.4 is 10.2 Å². The largest absolute Gasteiger partial charge is 0.378 e. The first-order valence-electron chi connectivity index (χ1n) is 8.79. The highest BCUT2D eigenvalue weighted by Crippen LogP contribution is 2.28. The van der Waals surface area contributed by atoms with Gasteiger partial charge in [0.25, 0.3) is 0 Å². The number of hydrogen-bond acceptors (Lipinski definition) is 8. The van der Waals surface area contributed by atoms with Crippen molar-refractivity contribution in [1.82, 2.24) is 24.9 Å². The second-order valence-electron chi connectivity index (χ2n) is 6.25.